The summed E-state index contributed by atoms with van der Waals surface area (Å²) >= 11 is 1.61. The zero-order chi connectivity index (χ0) is 10.3. The number of rotatable bonds is 1. The molecule has 0 aromatic carbocycles. The smallest absolute Gasteiger partial charge is 0.137 e. The van der Waals surface area contributed by atoms with Gasteiger partial charge in [-0.1, -0.05) is 0 Å². The van der Waals surface area contributed by atoms with E-state index >= 15 is 0 Å². The molecule has 0 bridgehead atoms. The van der Waals surface area contributed by atoms with Crippen LogP contribution in [0.2, 0.25) is 0 Å². The minimum absolute atomic E-state index is 0.970. The van der Waals surface area contributed by atoms with E-state index in [4.69, 9.17) is 0 Å². The van der Waals surface area contributed by atoms with Gasteiger partial charge >= 0.3 is 0 Å². The Balaban J connectivity index is 2.21. The van der Waals surface area contributed by atoms with Crippen molar-refractivity contribution in [3.8, 4) is 11.3 Å². The fraction of sp³-hybridized carbons (Fsp3) is 0.0909. The second-order valence-corrected chi connectivity index (χ2v) is 4.16. The maximum atomic E-state index is 4.42. The molecular weight excluding hydrogens is 206 g/mol. The average Bonchev–Trinajstić information content (AvgIpc) is 2.82. The summed E-state index contributed by atoms with van der Waals surface area (Å²) in [6, 6.07) is 4.12. The summed E-state index contributed by atoms with van der Waals surface area (Å²) in [6.07, 6.45) is 4.03. The molecule has 3 aromatic rings. The molecule has 0 saturated heterocycles. The van der Waals surface area contributed by atoms with E-state index in [0.29, 0.717) is 0 Å². The number of pyridine rings is 1. The molecule has 0 spiro atoms. The molecule has 0 atom stereocenters. The van der Waals surface area contributed by atoms with Gasteiger partial charge in [0, 0.05) is 23.3 Å². The van der Waals surface area contributed by atoms with Gasteiger partial charge in [-0.05, 0) is 19.1 Å². The van der Waals surface area contributed by atoms with Crippen LogP contribution in [0.3, 0.4) is 0 Å². The normalized spacial score (nSPS) is 11.0. The molecule has 3 nitrogen and oxygen atoms in total. The summed E-state index contributed by atoms with van der Waals surface area (Å²) in [5, 5.41) is 2.04. The van der Waals surface area contributed by atoms with Crippen LogP contribution >= 0.6 is 11.3 Å². The third-order valence-electron chi connectivity index (χ3n) is 2.31. The summed E-state index contributed by atoms with van der Waals surface area (Å²) in [4.78, 5) is 8.70. The van der Waals surface area contributed by atoms with E-state index < -0.39 is 0 Å². The molecular formula is C11H9N3S. The Hall–Kier alpha value is -1.68. The van der Waals surface area contributed by atoms with Crippen molar-refractivity contribution in [2.45, 2.75) is 6.92 Å². The monoisotopic (exact) mass is 215 g/mol. The Bertz CT molecular complexity index is 595. The average molecular weight is 215 g/mol. The number of hydrogen-bond acceptors (Lipinski definition) is 3. The van der Waals surface area contributed by atoms with Crippen LogP contribution < -0.4 is 0 Å². The molecule has 0 aliphatic heterocycles. The molecule has 0 unspecified atom stereocenters. The van der Waals surface area contributed by atoms with Gasteiger partial charge in [0.2, 0.25) is 0 Å². The van der Waals surface area contributed by atoms with Gasteiger partial charge in [0.25, 0.3) is 0 Å². The molecule has 15 heavy (non-hydrogen) atoms. The number of nitrogens with zero attached hydrogens (tertiary/aromatic N) is 3. The van der Waals surface area contributed by atoms with Gasteiger partial charge in [0.15, 0.2) is 0 Å². The quantitative estimate of drug-likeness (QED) is 0.624. The summed E-state index contributed by atoms with van der Waals surface area (Å²) in [5.41, 5.74) is 5.98. The Morgan fingerprint density at radius 2 is 2.33 bits per heavy atom. The van der Waals surface area contributed by atoms with Crippen LogP contribution in [0.15, 0.2) is 35.4 Å². The maximum Gasteiger partial charge on any atom is 0.137 e. The number of aromatic nitrogens is 3. The summed E-state index contributed by atoms with van der Waals surface area (Å²) in [5.74, 6) is 0. The molecule has 0 radical (unpaired) electrons. The second kappa shape index (κ2) is 3.17. The fourth-order valence-electron chi connectivity index (χ4n) is 1.62. The van der Waals surface area contributed by atoms with Crippen molar-refractivity contribution in [2.75, 3.05) is 0 Å². The van der Waals surface area contributed by atoms with Gasteiger partial charge < -0.3 is 4.40 Å². The Morgan fingerprint density at radius 1 is 1.40 bits per heavy atom. The first-order valence-electron chi connectivity index (χ1n) is 4.67. The molecule has 3 aromatic heterocycles. The number of imidazole rings is 1. The Morgan fingerprint density at radius 3 is 3.13 bits per heavy atom. The zero-order valence-electron chi connectivity index (χ0n) is 8.21. The molecule has 0 aliphatic carbocycles. The highest BCUT2D eigenvalue weighted by Gasteiger charge is 2.02. The first-order chi connectivity index (χ1) is 7.33. The van der Waals surface area contributed by atoms with Gasteiger partial charge in [-0.25, -0.2) is 9.97 Å². The molecule has 4 heteroatoms. The van der Waals surface area contributed by atoms with E-state index in [9.17, 15) is 0 Å². The van der Waals surface area contributed by atoms with Gasteiger partial charge in [0.1, 0.15) is 5.65 Å². The van der Waals surface area contributed by atoms with Gasteiger partial charge in [-0.3, -0.25) is 0 Å². The minimum atomic E-state index is 0.970. The third-order valence-corrected chi connectivity index (χ3v) is 2.90. The summed E-state index contributed by atoms with van der Waals surface area (Å²) in [6.45, 7) is 2.00. The lowest BCUT2D eigenvalue weighted by atomic mass is 10.2. The van der Waals surface area contributed by atoms with Crippen LogP contribution in [0.4, 0.5) is 0 Å². The predicted molar refractivity (Wildman–Crippen MR) is 61.0 cm³/mol. The number of fused-ring (bicyclic) bond motifs is 1. The number of aryl methyl sites for hydroxylation is 1. The van der Waals surface area contributed by atoms with Crippen LogP contribution in [-0.2, 0) is 0 Å². The highest BCUT2D eigenvalue weighted by atomic mass is 32.1. The van der Waals surface area contributed by atoms with Gasteiger partial charge in [-0.2, -0.15) is 0 Å². The molecule has 3 heterocycles. The molecule has 74 valence electrons. The Kier molecular flexibility index (Phi) is 1.82. The minimum Gasteiger partial charge on any atom is -0.307 e. The SMILES string of the molecule is Cc1cn2ccc(-c3cscn3)cc2n1. The Labute approximate surface area is 91.1 Å². The van der Waals surface area contributed by atoms with Gasteiger partial charge in [0.05, 0.1) is 16.9 Å². The molecule has 0 aliphatic rings. The van der Waals surface area contributed by atoms with Crippen molar-refractivity contribution in [1.29, 1.82) is 0 Å². The van der Waals surface area contributed by atoms with Crippen molar-refractivity contribution < 1.29 is 0 Å². The van der Waals surface area contributed by atoms with Crippen molar-refractivity contribution in [3.05, 3.63) is 41.1 Å². The van der Waals surface area contributed by atoms with Crippen molar-refractivity contribution in [2.24, 2.45) is 0 Å². The number of thiazole rings is 1. The van der Waals surface area contributed by atoms with E-state index in [2.05, 4.69) is 22.1 Å². The summed E-state index contributed by atoms with van der Waals surface area (Å²) < 4.78 is 2.02. The lowest BCUT2D eigenvalue weighted by molar-refractivity contribution is 1.18. The van der Waals surface area contributed by atoms with Crippen molar-refractivity contribution >= 4 is 17.0 Å². The van der Waals surface area contributed by atoms with Crippen molar-refractivity contribution in [3.63, 3.8) is 0 Å². The topological polar surface area (TPSA) is 30.2 Å². The van der Waals surface area contributed by atoms with Crippen molar-refractivity contribution in [1.82, 2.24) is 14.4 Å². The lowest BCUT2D eigenvalue weighted by Crippen LogP contribution is -1.84. The van der Waals surface area contributed by atoms with Crippen LogP contribution in [0.25, 0.3) is 16.9 Å². The largest absolute Gasteiger partial charge is 0.307 e. The standard InChI is InChI=1S/C11H9N3S/c1-8-5-14-3-2-9(4-11(14)13-8)10-6-15-7-12-10/h2-7H,1H3. The second-order valence-electron chi connectivity index (χ2n) is 3.44. The van der Waals surface area contributed by atoms with Crippen LogP contribution in [0.5, 0.6) is 0 Å². The highest BCUT2D eigenvalue weighted by molar-refractivity contribution is 7.07. The van der Waals surface area contributed by atoms with E-state index in [0.717, 1.165) is 22.6 Å². The van der Waals surface area contributed by atoms with Gasteiger partial charge in [-0.15, -0.1) is 11.3 Å². The van der Waals surface area contributed by atoms with E-state index in [1.165, 1.54) is 0 Å². The molecule has 0 N–H and O–H groups in total. The predicted octanol–water partition coefficient (Wildman–Crippen LogP) is 2.77. The number of hydrogen-bond donors (Lipinski definition) is 0. The first kappa shape index (κ1) is 8.61. The highest BCUT2D eigenvalue weighted by Crippen LogP contribution is 2.20. The fourth-order valence-corrected chi connectivity index (χ4v) is 2.18. The first-order valence-corrected chi connectivity index (χ1v) is 5.61. The molecule has 3 rings (SSSR count). The molecule has 0 saturated carbocycles. The third kappa shape index (κ3) is 1.43. The van der Waals surface area contributed by atoms with Crippen LogP contribution in [0.1, 0.15) is 5.69 Å². The van der Waals surface area contributed by atoms with E-state index in [-0.39, 0.29) is 0 Å². The molecule has 0 amide bonds. The molecule has 0 fully saturated rings. The van der Waals surface area contributed by atoms with E-state index in [1.807, 2.05) is 34.6 Å². The van der Waals surface area contributed by atoms with Crippen LogP contribution in [0, 0.1) is 6.92 Å². The van der Waals surface area contributed by atoms with E-state index in [1.54, 1.807) is 11.3 Å². The van der Waals surface area contributed by atoms with Crippen LogP contribution in [-0.4, -0.2) is 14.4 Å². The maximum absolute atomic E-state index is 4.42. The zero-order valence-corrected chi connectivity index (χ0v) is 9.03. The summed E-state index contributed by atoms with van der Waals surface area (Å²) in [7, 11) is 0. The lowest BCUT2D eigenvalue weighted by Gasteiger charge is -1.97.